The number of hydrogen-bond donors (Lipinski definition) is 0. The molecule has 21 heavy (non-hydrogen) atoms. The zero-order chi connectivity index (χ0) is 15.4. The molecule has 0 aromatic heterocycles. The fraction of sp³-hybridized carbons (Fsp3) is 0.562. The second-order valence-corrected chi connectivity index (χ2v) is 7.13. The van der Waals surface area contributed by atoms with E-state index in [4.69, 9.17) is 11.6 Å². The maximum atomic E-state index is 12.8. The number of carbonyl (C=O) groups is 1. The molecule has 0 radical (unpaired) electrons. The number of amides is 1. The van der Waals surface area contributed by atoms with Crippen molar-refractivity contribution in [2.75, 3.05) is 27.2 Å². The molecule has 0 spiro atoms. The molecule has 1 amide bonds. The number of nitrogens with zero attached hydrogens (tertiary/aromatic N) is 2. The fourth-order valence-electron chi connectivity index (χ4n) is 2.77. The van der Waals surface area contributed by atoms with E-state index >= 15 is 0 Å². The Morgan fingerprint density at radius 3 is 2.52 bits per heavy atom. The smallest absolute Gasteiger partial charge is 0.254 e. The molecule has 5 heteroatoms. The SMILES string of the molecule is CN(C)CCN(C(=O)c1ccc(Br)c(Cl)c1)C1CCCC1. The van der Waals surface area contributed by atoms with E-state index in [1.165, 1.54) is 12.8 Å². The monoisotopic (exact) mass is 372 g/mol. The minimum absolute atomic E-state index is 0.0955. The lowest BCUT2D eigenvalue weighted by atomic mass is 10.1. The zero-order valence-electron chi connectivity index (χ0n) is 12.6. The Bertz CT molecular complexity index is 501. The molecule has 0 bridgehead atoms. The number of likely N-dealkylation sites (N-methyl/N-ethyl adjacent to an activating group) is 1. The van der Waals surface area contributed by atoms with E-state index in [9.17, 15) is 4.79 Å². The van der Waals surface area contributed by atoms with Crippen LogP contribution in [-0.4, -0.2) is 48.9 Å². The van der Waals surface area contributed by atoms with Crippen molar-refractivity contribution in [1.82, 2.24) is 9.80 Å². The molecule has 1 aromatic carbocycles. The minimum Gasteiger partial charge on any atom is -0.334 e. The molecule has 116 valence electrons. The van der Waals surface area contributed by atoms with Gasteiger partial charge in [0.05, 0.1) is 5.02 Å². The van der Waals surface area contributed by atoms with Gasteiger partial charge in [-0.15, -0.1) is 0 Å². The third kappa shape index (κ3) is 4.44. The summed E-state index contributed by atoms with van der Waals surface area (Å²) in [5.74, 6) is 0.0955. The normalized spacial score (nSPS) is 15.7. The highest BCUT2D eigenvalue weighted by Gasteiger charge is 2.27. The second kappa shape index (κ2) is 7.61. The number of hydrogen-bond acceptors (Lipinski definition) is 2. The van der Waals surface area contributed by atoms with Gasteiger partial charge in [0.15, 0.2) is 0 Å². The second-order valence-electron chi connectivity index (χ2n) is 5.87. The summed E-state index contributed by atoms with van der Waals surface area (Å²) in [6.07, 6.45) is 4.67. The molecule has 1 aromatic rings. The zero-order valence-corrected chi connectivity index (χ0v) is 15.0. The Hall–Kier alpha value is -0.580. The third-order valence-corrected chi connectivity index (χ3v) is 5.21. The molecule has 1 aliphatic carbocycles. The Morgan fingerprint density at radius 1 is 1.29 bits per heavy atom. The average molecular weight is 374 g/mol. The van der Waals surface area contributed by atoms with Crippen LogP contribution in [0.4, 0.5) is 0 Å². The van der Waals surface area contributed by atoms with Gasteiger partial charge in [0.25, 0.3) is 5.91 Å². The van der Waals surface area contributed by atoms with Crippen LogP contribution < -0.4 is 0 Å². The first-order valence-electron chi connectivity index (χ1n) is 7.40. The highest BCUT2D eigenvalue weighted by atomic mass is 79.9. The van der Waals surface area contributed by atoms with Gasteiger partial charge in [-0.2, -0.15) is 0 Å². The maximum Gasteiger partial charge on any atom is 0.254 e. The molecule has 0 atom stereocenters. The van der Waals surface area contributed by atoms with Crippen molar-refractivity contribution in [3.63, 3.8) is 0 Å². The van der Waals surface area contributed by atoms with Crippen molar-refractivity contribution in [3.8, 4) is 0 Å². The number of benzene rings is 1. The minimum atomic E-state index is 0.0955. The number of carbonyl (C=O) groups excluding carboxylic acids is 1. The van der Waals surface area contributed by atoms with Gasteiger partial charge >= 0.3 is 0 Å². The molecule has 0 unspecified atom stereocenters. The fourth-order valence-corrected chi connectivity index (χ4v) is 3.20. The number of rotatable bonds is 5. The summed E-state index contributed by atoms with van der Waals surface area (Å²) in [4.78, 5) is 17.0. The van der Waals surface area contributed by atoms with Crippen molar-refractivity contribution >= 4 is 33.4 Å². The summed E-state index contributed by atoms with van der Waals surface area (Å²) in [5, 5.41) is 0.583. The predicted molar refractivity (Wildman–Crippen MR) is 91.0 cm³/mol. The van der Waals surface area contributed by atoms with Gasteiger partial charge in [0.2, 0.25) is 0 Å². The van der Waals surface area contributed by atoms with Crippen molar-refractivity contribution in [2.24, 2.45) is 0 Å². The maximum absolute atomic E-state index is 12.8. The average Bonchev–Trinajstić information content (AvgIpc) is 2.95. The summed E-state index contributed by atoms with van der Waals surface area (Å²) in [6.45, 7) is 1.65. The lowest BCUT2D eigenvalue weighted by molar-refractivity contribution is 0.0667. The van der Waals surface area contributed by atoms with Gasteiger partial charge in [-0.1, -0.05) is 24.4 Å². The standard InChI is InChI=1S/C16H22BrClN2O/c1-19(2)9-10-20(13-5-3-4-6-13)16(21)12-7-8-14(17)15(18)11-12/h7-8,11,13H,3-6,9-10H2,1-2H3. The van der Waals surface area contributed by atoms with E-state index < -0.39 is 0 Å². The largest absolute Gasteiger partial charge is 0.334 e. The highest BCUT2D eigenvalue weighted by molar-refractivity contribution is 9.10. The van der Waals surface area contributed by atoms with E-state index in [0.29, 0.717) is 16.6 Å². The van der Waals surface area contributed by atoms with E-state index in [2.05, 4.69) is 20.8 Å². The van der Waals surface area contributed by atoms with E-state index in [0.717, 1.165) is 30.4 Å². The molecule has 0 heterocycles. The molecule has 2 rings (SSSR count). The van der Waals surface area contributed by atoms with Crippen LogP contribution in [0.3, 0.4) is 0 Å². The molecule has 0 aliphatic heterocycles. The first kappa shape index (κ1) is 16.8. The molecule has 0 N–H and O–H groups in total. The molecule has 1 saturated carbocycles. The van der Waals surface area contributed by atoms with Crippen LogP contribution >= 0.6 is 27.5 Å². The van der Waals surface area contributed by atoms with Crippen LogP contribution in [0.25, 0.3) is 0 Å². The summed E-state index contributed by atoms with van der Waals surface area (Å²) in [7, 11) is 4.07. The quantitative estimate of drug-likeness (QED) is 0.777. The van der Waals surface area contributed by atoms with E-state index in [-0.39, 0.29) is 5.91 Å². The van der Waals surface area contributed by atoms with Crippen LogP contribution in [0, 0.1) is 0 Å². The molecule has 1 aliphatic rings. The van der Waals surface area contributed by atoms with Crippen molar-refractivity contribution in [1.29, 1.82) is 0 Å². The van der Waals surface area contributed by atoms with Gasteiger partial charge in [-0.25, -0.2) is 0 Å². The lowest BCUT2D eigenvalue weighted by Gasteiger charge is -2.30. The van der Waals surface area contributed by atoms with Crippen LogP contribution in [0.2, 0.25) is 5.02 Å². The summed E-state index contributed by atoms with van der Waals surface area (Å²) in [6, 6.07) is 5.82. The Morgan fingerprint density at radius 2 is 1.95 bits per heavy atom. The van der Waals surface area contributed by atoms with Crippen LogP contribution in [-0.2, 0) is 0 Å². The lowest BCUT2D eigenvalue weighted by Crippen LogP contribution is -2.42. The Labute approximate surface area is 140 Å². The molecule has 0 saturated heterocycles. The van der Waals surface area contributed by atoms with E-state index in [1.807, 2.05) is 31.1 Å². The van der Waals surface area contributed by atoms with Gasteiger partial charge in [0, 0.05) is 29.2 Å². The Balaban J connectivity index is 2.17. The molecule has 1 fully saturated rings. The first-order valence-corrected chi connectivity index (χ1v) is 8.57. The van der Waals surface area contributed by atoms with Gasteiger partial charge < -0.3 is 9.80 Å². The highest BCUT2D eigenvalue weighted by Crippen LogP contribution is 2.27. The first-order chi connectivity index (χ1) is 9.99. The van der Waals surface area contributed by atoms with Crippen molar-refractivity contribution < 1.29 is 4.79 Å². The summed E-state index contributed by atoms with van der Waals surface area (Å²) in [5.41, 5.74) is 0.675. The van der Waals surface area contributed by atoms with Gasteiger partial charge in [-0.05, 0) is 61.1 Å². The number of halogens is 2. The summed E-state index contributed by atoms with van der Waals surface area (Å²) < 4.78 is 0.821. The van der Waals surface area contributed by atoms with E-state index in [1.54, 1.807) is 6.07 Å². The topological polar surface area (TPSA) is 23.6 Å². The predicted octanol–water partition coefficient (Wildman–Crippen LogP) is 4.05. The van der Waals surface area contributed by atoms with Crippen LogP contribution in [0.5, 0.6) is 0 Å². The van der Waals surface area contributed by atoms with Gasteiger partial charge in [-0.3, -0.25) is 4.79 Å². The van der Waals surface area contributed by atoms with Crippen molar-refractivity contribution in [3.05, 3.63) is 33.3 Å². The molecular weight excluding hydrogens is 352 g/mol. The van der Waals surface area contributed by atoms with Gasteiger partial charge in [0.1, 0.15) is 0 Å². The molecular formula is C16H22BrClN2O. The van der Waals surface area contributed by atoms with Crippen LogP contribution in [0.1, 0.15) is 36.0 Å². The van der Waals surface area contributed by atoms with Crippen LogP contribution in [0.15, 0.2) is 22.7 Å². The Kier molecular flexibility index (Phi) is 6.08. The third-order valence-electron chi connectivity index (χ3n) is 3.98. The molecule has 3 nitrogen and oxygen atoms in total. The summed E-state index contributed by atoms with van der Waals surface area (Å²) >= 11 is 9.49. The van der Waals surface area contributed by atoms with Crippen molar-refractivity contribution in [2.45, 2.75) is 31.7 Å².